The van der Waals surface area contributed by atoms with Gasteiger partial charge < -0.3 is 4.90 Å². The lowest BCUT2D eigenvalue weighted by atomic mass is 10.2. The van der Waals surface area contributed by atoms with Gasteiger partial charge in [0.2, 0.25) is 0 Å². The molecule has 0 atom stereocenters. The average molecular weight is 302 g/mol. The summed E-state index contributed by atoms with van der Waals surface area (Å²) < 4.78 is 14.1. The first-order valence-corrected chi connectivity index (χ1v) is 6.88. The monoisotopic (exact) mass is 301 g/mol. The summed E-state index contributed by atoms with van der Waals surface area (Å²) in [6.07, 6.45) is 1.45. The maximum absolute atomic E-state index is 14.1. The molecule has 1 heterocycles. The van der Waals surface area contributed by atoms with Crippen LogP contribution in [0.4, 0.5) is 10.2 Å². The molecule has 0 radical (unpaired) electrons. The van der Waals surface area contributed by atoms with Crippen LogP contribution in [0.2, 0.25) is 5.02 Å². The van der Waals surface area contributed by atoms with E-state index in [-0.39, 0.29) is 5.82 Å². The Kier molecular flexibility index (Phi) is 3.71. The van der Waals surface area contributed by atoms with Crippen molar-refractivity contribution in [3.63, 3.8) is 0 Å². The standard InChI is InChI=1S/C16H13ClFN3/c1-21(9-11-5-7-12(17)8-6-11)16-15-13(18)3-2-4-14(15)19-10-20-16/h2-8,10H,9H2,1H3. The molecule has 3 rings (SSSR count). The zero-order valence-corrected chi connectivity index (χ0v) is 12.2. The highest BCUT2D eigenvalue weighted by molar-refractivity contribution is 6.30. The van der Waals surface area contributed by atoms with Gasteiger partial charge in [0.25, 0.3) is 0 Å². The second-order valence-corrected chi connectivity index (χ2v) is 5.25. The number of nitrogens with zero attached hydrogens (tertiary/aromatic N) is 3. The molecule has 2 aromatic carbocycles. The fraction of sp³-hybridized carbons (Fsp3) is 0.125. The van der Waals surface area contributed by atoms with Crippen molar-refractivity contribution >= 4 is 28.3 Å². The molecule has 0 saturated carbocycles. The van der Waals surface area contributed by atoms with E-state index in [4.69, 9.17) is 11.6 Å². The quantitative estimate of drug-likeness (QED) is 0.730. The van der Waals surface area contributed by atoms with Crippen LogP contribution in [0.1, 0.15) is 5.56 Å². The lowest BCUT2D eigenvalue weighted by molar-refractivity contribution is 0.638. The fourth-order valence-electron chi connectivity index (χ4n) is 2.28. The van der Waals surface area contributed by atoms with Gasteiger partial charge in [-0.25, -0.2) is 14.4 Å². The van der Waals surface area contributed by atoms with Gasteiger partial charge in [0.05, 0.1) is 10.9 Å². The van der Waals surface area contributed by atoms with Crippen LogP contribution in [0, 0.1) is 5.82 Å². The highest BCUT2D eigenvalue weighted by Crippen LogP contribution is 2.25. The van der Waals surface area contributed by atoms with Crippen LogP contribution in [0.15, 0.2) is 48.8 Å². The van der Waals surface area contributed by atoms with E-state index >= 15 is 0 Å². The first-order chi connectivity index (χ1) is 10.1. The van der Waals surface area contributed by atoms with Crippen molar-refractivity contribution in [3.05, 3.63) is 65.2 Å². The number of benzene rings is 2. The van der Waals surface area contributed by atoms with Crippen LogP contribution < -0.4 is 4.90 Å². The third-order valence-corrected chi connectivity index (χ3v) is 3.54. The minimum Gasteiger partial charge on any atom is -0.355 e. The Morgan fingerprint density at radius 1 is 1.10 bits per heavy atom. The van der Waals surface area contributed by atoms with E-state index in [2.05, 4.69) is 9.97 Å². The molecule has 0 bridgehead atoms. The van der Waals surface area contributed by atoms with E-state index in [1.807, 2.05) is 36.2 Å². The van der Waals surface area contributed by atoms with Gasteiger partial charge >= 0.3 is 0 Å². The molecule has 3 nitrogen and oxygen atoms in total. The number of halogens is 2. The Morgan fingerprint density at radius 2 is 1.86 bits per heavy atom. The molecule has 3 aromatic rings. The van der Waals surface area contributed by atoms with Crippen LogP contribution in [0.5, 0.6) is 0 Å². The Morgan fingerprint density at radius 3 is 2.62 bits per heavy atom. The third-order valence-electron chi connectivity index (χ3n) is 3.29. The topological polar surface area (TPSA) is 29.0 Å². The van der Waals surface area contributed by atoms with Gasteiger partial charge in [-0.15, -0.1) is 0 Å². The van der Waals surface area contributed by atoms with Crippen molar-refractivity contribution in [2.45, 2.75) is 6.54 Å². The zero-order valence-electron chi connectivity index (χ0n) is 11.4. The fourth-order valence-corrected chi connectivity index (χ4v) is 2.41. The second kappa shape index (κ2) is 5.66. The van der Waals surface area contributed by atoms with Crippen molar-refractivity contribution < 1.29 is 4.39 Å². The van der Waals surface area contributed by atoms with Crippen molar-refractivity contribution in [1.82, 2.24) is 9.97 Å². The molecule has 0 aliphatic heterocycles. The molecule has 0 unspecified atom stereocenters. The molecule has 21 heavy (non-hydrogen) atoms. The van der Waals surface area contributed by atoms with Crippen LogP contribution in [0.25, 0.3) is 10.9 Å². The number of aromatic nitrogens is 2. The molecular weight excluding hydrogens is 289 g/mol. The predicted octanol–water partition coefficient (Wildman–Crippen LogP) is 4.06. The van der Waals surface area contributed by atoms with Crippen molar-refractivity contribution in [1.29, 1.82) is 0 Å². The smallest absolute Gasteiger partial charge is 0.142 e. The maximum Gasteiger partial charge on any atom is 0.142 e. The number of anilines is 1. The summed E-state index contributed by atoms with van der Waals surface area (Å²) in [7, 11) is 1.88. The third kappa shape index (κ3) is 2.81. The lowest BCUT2D eigenvalue weighted by Gasteiger charge is -2.20. The Bertz CT molecular complexity index is 769. The number of hydrogen-bond donors (Lipinski definition) is 0. The van der Waals surface area contributed by atoms with Crippen molar-refractivity contribution in [2.75, 3.05) is 11.9 Å². The van der Waals surface area contributed by atoms with E-state index in [9.17, 15) is 4.39 Å². The van der Waals surface area contributed by atoms with E-state index < -0.39 is 0 Å². The minimum absolute atomic E-state index is 0.314. The summed E-state index contributed by atoms with van der Waals surface area (Å²) in [5.74, 6) is 0.263. The predicted molar refractivity (Wildman–Crippen MR) is 83.1 cm³/mol. The van der Waals surface area contributed by atoms with Gasteiger partial charge in [-0.1, -0.05) is 29.8 Å². The van der Waals surface area contributed by atoms with E-state index in [1.165, 1.54) is 12.4 Å². The van der Waals surface area contributed by atoms with Gasteiger partial charge in [0, 0.05) is 18.6 Å². The van der Waals surface area contributed by atoms with E-state index in [0.29, 0.717) is 28.3 Å². The van der Waals surface area contributed by atoms with Crippen LogP contribution in [-0.2, 0) is 6.54 Å². The highest BCUT2D eigenvalue weighted by Gasteiger charge is 2.12. The van der Waals surface area contributed by atoms with E-state index in [1.54, 1.807) is 12.1 Å². The Hall–Kier alpha value is -2.20. The van der Waals surface area contributed by atoms with E-state index in [0.717, 1.165) is 5.56 Å². The summed E-state index contributed by atoms with van der Waals surface area (Å²) in [6.45, 7) is 0.609. The molecular formula is C16H13ClFN3. The van der Waals surface area contributed by atoms with Gasteiger partial charge in [-0.05, 0) is 29.8 Å². The minimum atomic E-state index is -0.314. The van der Waals surface area contributed by atoms with Crippen molar-refractivity contribution in [2.24, 2.45) is 0 Å². The molecule has 0 amide bonds. The molecule has 106 valence electrons. The molecule has 0 aliphatic carbocycles. The van der Waals surface area contributed by atoms with Gasteiger partial charge in [-0.2, -0.15) is 0 Å². The maximum atomic E-state index is 14.1. The van der Waals surface area contributed by atoms with Gasteiger partial charge in [-0.3, -0.25) is 0 Å². The van der Waals surface area contributed by atoms with Crippen LogP contribution >= 0.6 is 11.6 Å². The molecule has 1 aromatic heterocycles. The molecule has 5 heteroatoms. The number of hydrogen-bond acceptors (Lipinski definition) is 3. The van der Waals surface area contributed by atoms with Crippen LogP contribution in [0.3, 0.4) is 0 Å². The summed E-state index contributed by atoms with van der Waals surface area (Å²) in [5, 5.41) is 1.14. The number of rotatable bonds is 3. The van der Waals surface area contributed by atoms with Crippen molar-refractivity contribution in [3.8, 4) is 0 Å². The average Bonchev–Trinajstić information content (AvgIpc) is 2.49. The van der Waals surface area contributed by atoms with Gasteiger partial charge in [0.15, 0.2) is 0 Å². The summed E-state index contributed by atoms with van der Waals surface area (Å²) in [4.78, 5) is 10.2. The Balaban J connectivity index is 1.98. The summed E-state index contributed by atoms with van der Waals surface area (Å²) >= 11 is 5.88. The number of fused-ring (bicyclic) bond motifs is 1. The zero-order chi connectivity index (χ0) is 14.8. The molecule has 0 fully saturated rings. The van der Waals surface area contributed by atoms with Crippen LogP contribution in [-0.4, -0.2) is 17.0 Å². The normalized spacial score (nSPS) is 10.8. The lowest BCUT2D eigenvalue weighted by Crippen LogP contribution is -2.18. The molecule has 0 aliphatic rings. The SMILES string of the molecule is CN(Cc1ccc(Cl)cc1)c1ncnc2cccc(F)c12. The first-order valence-electron chi connectivity index (χ1n) is 6.50. The van der Waals surface area contributed by atoms with Gasteiger partial charge in [0.1, 0.15) is 18.0 Å². The first kappa shape index (κ1) is 13.8. The highest BCUT2D eigenvalue weighted by atomic mass is 35.5. The Labute approximate surface area is 127 Å². The summed E-state index contributed by atoms with van der Waals surface area (Å²) in [5.41, 5.74) is 1.67. The summed E-state index contributed by atoms with van der Waals surface area (Å²) in [6, 6.07) is 12.4. The second-order valence-electron chi connectivity index (χ2n) is 4.81. The molecule has 0 spiro atoms. The largest absolute Gasteiger partial charge is 0.355 e. The molecule has 0 saturated heterocycles. The molecule has 0 N–H and O–H groups in total.